The second kappa shape index (κ2) is 5.08. The number of aromatic nitrogens is 4. The molecule has 0 saturated heterocycles. The Morgan fingerprint density at radius 2 is 2.20 bits per heavy atom. The van der Waals surface area contributed by atoms with Crippen molar-refractivity contribution in [3.63, 3.8) is 0 Å². The van der Waals surface area contributed by atoms with Crippen molar-refractivity contribution in [2.24, 2.45) is 0 Å². The quantitative estimate of drug-likeness (QED) is 0.777. The lowest BCUT2D eigenvalue weighted by Crippen LogP contribution is -2.23. The Bertz CT molecular complexity index is 751. The van der Waals surface area contributed by atoms with Crippen LogP contribution < -0.4 is 5.32 Å². The third-order valence-corrected chi connectivity index (χ3v) is 3.00. The van der Waals surface area contributed by atoms with Crippen LogP contribution >= 0.6 is 0 Å². The van der Waals surface area contributed by atoms with Crippen LogP contribution in [0.4, 0.5) is 0 Å². The normalized spacial score (nSPS) is 10.7. The van der Waals surface area contributed by atoms with E-state index in [9.17, 15) is 4.79 Å². The molecule has 0 aliphatic rings. The lowest BCUT2D eigenvalue weighted by molar-refractivity contribution is 0.0950. The first-order valence-corrected chi connectivity index (χ1v) is 6.23. The minimum absolute atomic E-state index is 0.154. The van der Waals surface area contributed by atoms with E-state index in [-0.39, 0.29) is 5.91 Å². The Balaban J connectivity index is 1.75. The van der Waals surface area contributed by atoms with Crippen LogP contribution in [-0.4, -0.2) is 25.5 Å². The lowest BCUT2D eigenvalue weighted by Gasteiger charge is -2.05. The Morgan fingerprint density at radius 1 is 1.30 bits per heavy atom. The second-order valence-electron chi connectivity index (χ2n) is 4.39. The van der Waals surface area contributed by atoms with E-state index in [1.165, 1.54) is 0 Å². The van der Waals surface area contributed by atoms with Gasteiger partial charge in [0.05, 0.1) is 12.2 Å². The summed E-state index contributed by atoms with van der Waals surface area (Å²) < 4.78 is 1.83. The number of carbonyl (C=O) groups excluding carboxylic acids is 1. The van der Waals surface area contributed by atoms with Crippen molar-refractivity contribution in [2.75, 3.05) is 0 Å². The van der Waals surface area contributed by atoms with Gasteiger partial charge < -0.3 is 5.32 Å². The molecule has 0 spiro atoms. The maximum Gasteiger partial charge on any atom is 0.251 e. The van der Waals surface area contributed by atoms with Crippen molar-refractivity contribution in [1.29, 1.82) is 0 Å². The number of hydrogen-bond acceptors (Lipinski definition) is 4. The molecule has 0 unspecified atom stereocenters. The van der Waals surface area contributed by atoms with Crippen LogP contribution in [0.15, 0.2) is 42.7 Å². The summed E-state index contributed by atoms with van der Waals surface area (Å²) in [7, 11) is 0. The van der Waals surface area contributed by atoms with E-state index in [4.69, 9.17) is 0 Å². The van der Waals surface area contributed by atoms with E-state index in [1.807, 2.05) is 29.5 Å². The number of aryl methyl sites for hydroxylation is 1. The van der Waals surface area contributed by atoms with Crippen LogP contribution in [0.2, 0.25) is 0 Å². The van der Waals surface area contributed by atoms with Gasteiger partial charge in [-0.2, -0.15) is 0 Å². The summed E-state index contributed by atoms with van der Waals surface area (Å²) in [4.78, 5) is 16.2. The third-order valence-electron chi connectivity index (χ3n) is 3.00. The van der Waals surface area contributed by atoms with E-state index >= 15 is 0 Å². The zero-order chi connectivity index (χ0) is 13.9. The average Bonchev–Trinajstić information content (AvgIpc) is 2.87. The molecule has 3 heterocycles. The van der Waals surface area contributed by atoms with E-state index in [1.54, 1.807) is 24.5 Å². The van der Waals surface area contributed by atoms with Gasteiger partial charge in [0.2, 0.25) is 0 Å². The molecule has 3 aromatic heterocycles. The molecular weight excluding hydrogens is 254 g/mol. The third kappa shape index (κ3) is 2.35. The van der Waals surface area contributed by atoms with Gasteiger partial charge in [0.1, 0.15) is 5.82 Å². The standard InChI is InChI=1S/C14H13N5O/c1-10-17-18-13-8-11(5-7-19(10)13)14(20)16-9-12-4-2-3-6-15-12/h2-8H,9H2,1H3,(H,16,20). The summed E-state index contributed by atoms with van der Waals surface area (Å²) in [5.74, 6) is 0.638. The first kappa shape index (κ1) is 12.3. The number of amides is 1. The van der Waals surface area contributed by atoms with E-state index in [0.29, 0.717) is 17.8 Å². The maximum absolute atomic E-state index is 12.1. The molecule has 1 amide bonds. The average molecular weight is 267 g/mol. The molecule has 1 N–H and O–H groups in total. The summed E-state index contributed by atoms with van der Waals surface area (Å²) in [5, 5.41) is 10.8. The predicted molar refractivity (Wildman–Crippen MR) is 73.1 cm³/mol. The zero-order valence-electron chi connectivity index (χ0n) is 10.9. The number of nitrogens with zero attached hydrogens (tertiary/aromatic N) is 4. The maximum atomic E-state index is 12.1. The highest BCUT2D eigenvalue weighted by atomic mass is 16.1. The first-order valence-electron chi connectivity index (χ1n) is 6.23. The van der Waals surface area contributed by atoms with E-state index in [0.717, 1.165) is 11.5 Å². The molecule has 3 aromatic rings. The van der Waals surface area contributed by atoms with Gasteiger partial charge in [-0.15, -0.1) is 10.2 Å². The molecule has 3 rings (SSSR count). The van der Waals surface area contributed by atoms with Crippen molar-refractivity contribution in [3.05, 3.63) is 59.8 Å². The zero-order valence-corrected chi connectivity index (χ0v) is 10.9. The topological polar surface area (TPSA) is 72.2 Å². The van der Waals surface area contributed by atoms with Crippen molar-refractivity contribution < 1.29 is 4.79 Å². The van der Waals surface area contributed by atoms with Crippen LogP contribution in [0.3, 0.4) is 0 Å². The lowest BCUT2D eigenvalue weighted by atomic mass is 10.2. The fraction of sp³-hybridized carbons (Fsp3) is 0.143. The van der Waals surface area contributed by atoms with Gasteiger partial charge in [-0.3, -0.25) is 14.2 Å². The minimum atomic E-state index is -0.154. The molecule has 0 radical (unpaired) electrons. The molecule has 0 fully saturated rings. The Labute approximate surface area is 115 Å². The van der Waals surface area contributed by atoms with Crippen molar-refractivity contribution in [3.8, 4) is 0 Å². The summed E-state index contributed by atoms with van der Waals surface area (Å²) in [6.07, 6.45) is 3.49. The number of rotatable bonds is 3. The van der Waals surface area contributed by atoms with Crippen LogP contribution in [0.5, 0.6) is 0 Å². The molecule has 0 atom stereocenters. The molecule has 6 heteroatoms. The van der Waals surface area contributed by atoms with Crippen molar-refractivity contribution in [2.45, 2.75) is 13.5 Å². The van der Waals surface area contributed by atoms with Crippen molar-refractivity contribution in [1.82, 2.24) is 24.9 Å². The van der Waals surface area contributed by atoms with Gasteiger partial charge in [-0.05, 0) is 31.2 Å². The molecule has 100 valence electrons. The molecule has 0 saturated carbocycles. The highest BCUT2D eigenvalue weighted by molar-refractivity contribution is 5.94. The number of carbonyl (C=O) groups is 1. The molecular formula is C14H13N5O. The molecule has 0 bridgehead atoms. The summed E-state index contributed by atoms with van der Waals surface area (Å²) >= 11 is 0. The monoisotopic (exact) mass is 267 g/mol. The van der Waals surface area contributed by atoms with Gasteiger partial charge in [-0.25, -0.2) is 0 Å². The fourth-order valence-corrected chi connectivity index (χ4v) is 1.93. The number of pyridine rings is 2. The molecule has 6 nitrogen and oxygen atoms in total. The van der Waals surface area contributed by atoms with Gasteiger partial charge >= 0.3 is 0 Å². The number of fused-ring (bicyclic) bond motifs is 1. The van der Waals surface area contributed by atoms with Crippen LogP contribution in [0.1, 0.15) is 21.9 Å². The Morgan fingerprint density at radius 3 is 3.00 bits per heavy atom. The minimum Gasteiger partial charge on any atom is -0.346 e. The van der Waals surface area contributed by atoms with Crippen LogP contribution in [-0.2, 0) is 6.54 Å². The Kier molecular flexibility index (Phi) is 3.12. The summed E-state index contributed by atoms with van der Waals surface area (Å²) in [5.41, 5.74) is 2.04. The largest absolute Gasteiger partial charge is 0.346 e. The fourth-order valence-electron chi connectivity index (χ4n) is 1.93. The molecule has 20 heavy (non-hydrogen) atoms. The smallest absolute Gasteiger partial charge is 0.251 e. The van der Waals surface area contributed by atoms with Crippen LogP contribution in [0, 0.1) is 6.92 Å². The number of hydrogen-bond donors (Lipinski definition) is 1. The van der Waals surface area contributed by atoms with E-state index < -0.39 is 0 Å². The SMILES string of the molecule is Cc1nnc2cc(C(=O)NCc3ccccn3)ccn12. The predicted octanol–water partition coefficient (Wildman–Crippen LogP) is 1.36. The van der Waals surface area contributed by atoms with E-state index in [2.05, 4.69) is 20.5 Å². The van der Waals surface area contributed by atoms with Gasteiger partial charge in [0.25, 0.3) is 5.91 Å². The summed E-state index contributed by atoms with van der Waals surface area (Å²) in [6.45, 7) is 2.26. The van der Waals surface area contributed by atoms with Crippen LogP contribution in [0.25, 0.3) is 5.65 Å². The highest BCUT2D eigenvalue weighted by Gasteiger charge is 2.08. The number of nitrogens with one attached hydrogen (secondary N) is 1. The van der Waals surface area contributed by atoms with Gasteiger partial charge in [-0.1, -0.05) is 6.07 Å². The molecule has 0 aliphatic carbocycles. The van der Waals surface area contributed by atoms with Crippen molar-refractivity contribution >= 4 is 11.6 Å². The second-order valence-corrected chi connectivity index (χ2v) is 4.39. The molecule has 0 aromatic carbocycles. The first-order chi connectivity index (χ1) is 9.74. The highest BCUT2D eigenvalue weighted by Crippen LogP contribution is 2.07. The summed E-state index contributed by atoms with van der Waals surface area (Å²) in [6, 6.07) is 9.06. The Hall–Kier alpha value is -2.76. The molecule has 0 aliphatic heterocycles. The van der Waals surface area contributed by atoms with Gasteiger partial charge in [0.15, 0.2) is 5.65 Å². The van der Waals surface area contributed by atoms with Gasteiger partial charge in [0, 0.05) is 18.0 Å².